The summed E-state index contributed by atoms with van der Waals surface area (Å²) in [6.45, 7) is 4.22. The summed E-state index contributed by atoms with van der Waals surface area (Å²) in [5.74, 6) is -0.692. The van der Waals surface area contributed by atoms with Crippen LogP contribution in [0.4, 0.5) is 0 Å². The van der Waals surface area contributed by atoms with Crippen LogP contribution in [0.2, 0.25) is 0 Å². The fraction of sp³-hybridized carbons (Fsp3) is 0.500. The number of esters is 1. The molecule has 24 heavy (non-hydrogen) atoms. The molecule has 6 nitrogen and oxygen atoms in total. The van der Waals surface area contributed by atoms with Crippen molar-refractivity contribution >= 4 is 17.7 Å². The van der Waals surface area contributed by atoms with Crippen LogP contribution < -0.4 is 4.74 Å². The molecule has 0 unspecified atom stereocenters. The Hall–Kier alpha value is -2.37. The highest BCUT2D eigenvalue weighted by Gasteiger charge is 2.23. The van der Waals surface area contributed by atoms with Crippen molar-refractivity contribution in [1.29, 1.82) is 0 Å². The lowest BCUT2D eigenvalue weighted by molar-refractivity contribution is -0.160. The molecule has 0 aliphatic rings. The van der Waals surface area contributed by atoms with Crippen molar-refractivity contribution < 1.29 is 23.9 Å². The van der Waals surface area contributed by atoms with Crippen LogP contribution in [0.1, 0.15) is 38.7 Å². The smallest absolute Gasteiger partial charge is 0.397 e. The quantitative estimate of drug-likeness (QED) is 0.511. The molecule has 0 fully saturated rings. The van der Waals surface area contributed by atoms with Gasteiger partial charge >= 0.3 is 11.9 Å². The number of amides is 1. The molecule has 1 amide bonds. The average Bonchev–Trinajstić information content (AvgIpc) is 2.60. The monoisotopic (exact) mass is 335 g/mol. The first-order chi connectivity index (χ1) is 11.5. The molecule has 0 saturated carbocycles. The van der Waals surface area contributed by atoms with Crippen LogP contribution in [0.5, 0.6) is 5.75 Å². The zero-order chi connectivity index (χ0) is 17.9. The van der Waals surface area contributed by atoms with E-state index >= 15 is 0 Å². The summed E-state index contributed by atoms with van der Waals surface area (Å²) < 4.78 is 9.89. The summed E-state index contributed by atoms with van der Waals surface area (Å²) in [5, 5.41) is 0. The van der Waals surface area contributed by atoms with E-state index in [2.05, 4.69) is 0 Å². The zero-order valence-electron chi connectivity index (χ0n) is 14.5. The van der Waals surface area contributed by atoms with Gasteiger partial charge in [0.15, 0.2) is 0 Å². The lowest BCUT2D eigenvalue weighted by atomic mass is 10.1. The van der Waals surface area contributed by atoms with Crippen molar-refractivity contribution in [3.63, 3.8) is 0 Å². The fourth-order valence-corrected chi connectivity index (χ4v) is 2.17. The molecule has 132 valence electrons. The Morgan fingerprint density at radius 2 is 1.75 bits per heavy atom. The van der Waals surface area contributed by atoms with Gasteiger partial charge in [0, 0.05) is 25.9 Å². The summed E-state index contributed by atoms with van der Waals surface area (Å²) in [7, 11) is 1.58. The number of methoxy groups -OCH3 is 1. The molecule has 0 radical (unpaired) electrons. The van der Waals surface area contributed by atoms with Crippen molar-refractivity contribution in [1.82, 2.24) is 4.90 Å². The van der Waals surface area contributed by atoms with Crippen molar-refractivity contribution in [2.75, 3.05) is 20.3 Å². The molecule has 0 aliphatic heterocycles. The standard InChI is InChI=1S/C18H25NO5/c1-4-15(20)7-6-12-19(17(21)18(22)24-5-2)13-14-8-10-16(23-3)11-9-14/h8-11H,4-7,12-13H2,1-3H3. The number of carbonyl (C=O) groups is 3. The summed E-state index contributed by atoms with van der Waals surface area (Å²) >= 11 is 0. The molecular weight excluding hydrogens is 310 g/mol. The number of hydrogen-bond donors (Lipinski definition) is 0. The van der Waals surface area contributed by atoms with E-state index in [1.165, 1.54) is 4.90 Å². The zero-order valence-corrected chi connectivity index (χ0v) is 14.5. The molecule has 6 heteroatoms. The van der Waals surface area contributed by atoms with Crippen LogP contribution in [0.15, 0.2) is 24.3 Å². The van der Waals surface area contributed by atoms with Crippen molar-refractivity contribution in [3.05, 3.63) is 29.8 Å². The number of hydrogen-bond acceptors (Lipinski definition) is 5. The second-order valence-electron chi connectivity index (χ2n) is 5.29. The number of nitrogens with zero attached hydrogens (tertiary/aromatic N) is 1. The Balaban J connectivity index is 2.76. The molecule has 0 aromatic heterocycles. The fourth-order valence-electron chi connectivity index (χ4n) is 2.17. The first kappa shape index (κ1) is 19.7. The third-order valence-corrected chi connectivity index (χ3v) is 3.55. The second kappa shape index (κ2) is 10.4. The Labute approximate surface area is 142 Å². The predicted octanol–water partition coefficient (Wildman–Crippen LogP) is 2.35. The van der Waals surface area contributed by atoms with Gasteiger partial charge in [0.2, 0.25) is 0 Å². The minimum Gasteiger partial charge on any atom is -0.497 e. The summed E-state index contributed by atoms with van der Waals surface area (Å²) in [6, 6.07) is 7.26. The van der Waals surface area contributed by atoms with E-state index in [1.54, 1.807) is 33.1 Å². The highest BCUT2D eigenvalue weighted by Crippen LogP contribution is 2.14. The van der Waals surface area contributed by atoms with Crippen LogP contribution in [0.25, 0.3) is 0 Å². The van der Waals surface area contributed by atoms with Crippen LogP contribution in [0, 0.1) is 0 Å². The number of carbonyl (C=O) groups excluding carboxylic acids is 3. The van der Waals surface area contributed by atoms with Gasteiger partial charge in [-0.1, -0.05) is 19.1 Å². The van der Waals surface area contributed by atoms with E-state index in [9.17, 15) is 14.4 Å². The first-order valence-electron chi connectivity index (χ1n) is 8.12. The minimum absolute atomic E-state index is 0.142. The SMILES string of the molecule is CCOC(=O)C(=O)N(CCCC(=O)CC)Cc1ccc(OC)cc1. The third-order valence-electron chi connectivity index (χ3n) is 3.55. The van der Waals surface area contributed by atoms with Gasteiger partial charge in [0.25, 0.3) is 0 Å². The van der Waals surface area contributed by atoms with Gasteiger partial charge in [-0.2, -0.15) is 0 Å². The van der Waals surface area contributed by atoms with E-state index in [1.807, 2.05) is 12.1 Å². The molecule has 0 saturated heterocycles. The van der Waals surface area contributed by atoms with Crippen molar-refractivity contribution in [2.24, 2.45) is 0 Å². The predicted molar refractivity (Wildman–Crippen MR) is 89.6 cm³/mol. The topological polar surface area (TPSA) is 72.9 Å². The molecule has 1 aromatic rings. The molecule has 0 aliphatic carbocycles. The molecule has 0 spiro atoms. The molecule has 0 bridgehead atoms. The number of benzene rings is 1. The lowest BCUT2D eigenvalue weighted by Crippen LogP contribution is -2.38. The molecule has 1 rings (SSSR count). The van der Waals surface area contributed by atoms with Gasteiger partial charge < -0.3 is 14.4 Å². The molecule has 0 heterocycles. The highest BCUT2D eigenvalue weighted by atomic mass is 16.5. The van der Waals surface area contributed by atoms with Crippen LogP contribution in [0.3, 0.4) is 0 Å². The number of Topliss-reactive ketones (excluding diaryl/α,β-unsaturated/α-hetero) is 1. The normalized spacial score (nSPS) is 10.1. The maximum absolute atomic E-state index is 12.2. The van der Waals surface area contributed by atoms with E-state index in [4.69, 9.17) is 9.47 Å². The van der Waals surface area contributed by atoms with Gasteiger partial charge in [0.05, 0.1) is 13.7 Å². The van der Waals surface area contributed by atoms with E-state index in [0.717, 1.165) is 11.3 Å². The van der Waals surface area contributed by atoms with Gasteiger partial charge in [-0.05, 0) is 31.0 Å². The van der Waals surface area contributed by atoms with E-state index in [0.29, 0.717) is 25.8 Å². The first-order valence-corrected chi connectivity index (χ1v) is 8.12. The maximum atomic E-state index is 12.2. The van der Waals surface area contributed by atoms with Gasteiger partial charge in [-0.25, -0.2) is 4.79 Å². The van der Waals surface area contributed by atoms with Crippen molar-refractivity contribution in [3.8, 4) is 5.75 Å². The summed E-state index contributed by atoms with van der Waals surface area (Å²) in [5.41, 5.74) is 0.871. The van der Waals surface area contributed by atoms with Crippen LogP contribution in [-0.2, 0) is 25.7 Å². The Kier molecular flexibility index (Phi) is 8.54. The molecule has 1 aromatic carbocycles. The van der Waals surface area contributed by atoms with Crippen molar-refractivity contribution in [2.45, 2.75) is 39.7 Å². The summed E-state index contributed by atoms with van der Waals surface area (Å²) in [4.78, 5) is 36.8. The van der Waals surface area contributed by atoms with E-state index in [-0.39, 0.29) is 18.9 Å². The second-order valence-corrected chi connectivity index (χ2v) is 5.29. The van der Waals surface area contributed by atoms with Crippen LogP contribution in [-0.4, -0.2) is 42.8 Å². The molecule has 0 atom stereocenters. The maximum Gasteiger partial charge on any atom is 0.397 e. The van der Waals surface area contributed by atoms with Gasteiger partial charge in [0.1, 0.15) is 11.5 Å². The largest absolute Gasteiger partial charge is 0.497 e. The number of rotatable bonds is 9. The minimum atomic E-state index is -0.868. The number of ketones is 1. The Morgan fingerprint density at radius 3 is 2.29 bits per heavy atom. The lowest BCUT2D eigenvalue weighted by Gasteiger charge is -2.21. The summed E-state index contributed by atoms with van der Waals surface area (Å²) in [6.07, 6.45) is 1.39. The third kappa shape index (κ3) is 6.40. The molecular formula is C18H25NO5. The van der Waals surface area contributed by atoms with E-state index < -0.39 is 11.9 Å². The molecule has 0 N–H and O–H groups in total. The Morgan fingerprint density at radius 1 is 1.08 bits per heavy atom. The Bertz CT molecular complexity index is 553. The highest BCUT2D eigenvalue weighted by molar-refractivity contribution is 6.32. The van der Waals surface area contributed by atoms with Gasteiger partial charge in [-0.15, -0.1) is 0 Å². The van der Waals surface area contributed by atoms with Gasteiger partial charge in [-0.3, -0.25) is 9.59 Å². The average molecular weight is 335 g/mol. The number of ether oxygens (including phenoxy) is 2. The van der Waals surface area contributed by atoms with Crippen LogP contribution >= 0.6 is 0 Å².